The molecule has 0 unspecified atom stereocenters. The SMILES string of the molecule is CCCCC(=O)Nc1cc2nn(-c3ccc(N(CC)CC)cc3)nc2cc1C. The molecule has 0 aliphatic carbocycles. The van der Waals surface area contributed by atoms with E-state index in [4.69, 9.17) is 0 Å². The van der Waals surface area contributed by atoms with Crippen molar-refractivity contribution in [2.45, 2.75) is 47.0 Å². The first kappa shape index (κ1) is 19.9. The van der Waals surface area contributed by atoms with Crippen LogP contribution in [-0.4, -0.2) is 34.0 Å². The Kier molecular flexibility index (Phi) is 6.29. The van der Waals surface area contributed by atoms with Gasteiger partial charge in [0.25, 0.3) is 0 Å². The number of nitrogens with zero attached hydrogens (tertiary/aromatic N) is 4. The molecule has 6 heteroatoms. The van der Waals surface area contributed by atoms with Gasteiger partial charge in [-0.3, -0.25) is 4.79 Å². The van der Waals surface area contributed by atoms with Crippen molar-refractivity contribution in [2.75, 3.05) is 23.3 Å². The van der Waals surface area contributed by atoms with E-state index in [1.165, 1.54) is 5.69 Å². The topological polar surface area (TPSA) is 63.1 Å². The summed E-state index contributed by atoms with van der Waals surface area (Å²) in [5.41, 5.74) is 5.48. The quantitative estimate of drug-likeness (QED) is 0.616. The fourth-order valence-electron chi connectivity index (χ4n) is 3.25. The normalized spacial score (nSPS) is 11.0. The average molecular weight is 380 g/mol. The van der Waals surface area contributed by atoms with E-state index in [-0.39, 0.29) is 5.91 Å². The molecule has 0 saturated carbocycles. The van der Waals surface area contributed by atoms with Crippen LogP contribution in [-0.2, 0) is 4.79 Å². The summed E-state index contributed by atoms with van der Waals surface area (Å²) in [6, 6.07) is 12.1. The Morgan fingerprint density at radius 2 is 1.68 bits per heavy atom. The Balaban J connectivity index is 1.85. The van der Waals surface area contributed by atoms with Crippen LogP contribution in [0.15, 0.2) is 36.4 Å². The molecule has 0 fully saturated rings. The maximum Gasteiger partial charge on any atom is 0.224 e. The number of unbranched alkanes of at least 4 members (excludes halogenated alkanes) is 1. The number of rotatable bonds is 8. The molecule has 1 N–H and O–H groups in total. The summed E-state index contributed by atoms with van der Waals surface area (Å²) in [7, 11) is 0. The van der Waals surface area contributed by atoms with E-state index in [1.807, 2.05) is 31.2 Å². The number of nitrogens with one attached hydrogen (secondary N) is 1. The van der Waals surface area contributed by atoms with Crippen LogP contribution >= 0.6 is 0 Å². The van der Waals surface area contributed by atoms with E-state index in [0.717, 1.165) is 53.9 Å². The molecule has 0 bridgehead atoms. The first-order valence-corrected chi connectivity index (χ1v) is 10.1. The van der Waals surface area contributed by atoms with Gasteiger partial charge in [-0.1, -0.05) is 13.3 Å². The van der Waals surface area contributed by atoms with Gasteiger partial charge in [0.2, 0.25) is 5.91 Å². The Bertz CT molecular complexity index is 941. The van der Waals surface area contributed by atoms with Crippen molar-refractivity contribution >= 4 is 28.3 Å². The van der Waals surface area contributed by atoms with E-state index >= 15 is 0 Å². The van der Waals surface area contributed by atoms with E-state index in [1.54, 1.807) is 4.80 Å². The van der Waals surface area contributed by atoms with Crippen molar-refractivity contribution in [3.05, 3.63) is 42.0 Å². The Hall–Kier alpha value is -2.89. The van der Waals surface area contributed by atoms with Crippen molar-refractivity contribution in [2.24, 2.45) is 0 Å². The Morgan fingerprint density at radius 1 is 1.04 bits per heavy atom. The van der Waals surface area contributed by atoms with Crippen LogP contribution in [0, 0.1) is 6.92 Å². The maximum atomic E-state index is 12.1. The highest BCUT2D eigenvalue weighted by Crippen LogP contribution is 2.23. The van der Waals surface area contributed by atoms with Gasteiger partial charge < -0.3 is 10.2 Å². The minimum atomic E-state index is 0.0451. The molecule has 0 aliphatic rings. The minimum Gasteiger partial charge on any atom is -0.372 e. The average Bonchev–Trinajstić information content (AvgIpc) is 3.11. The summed E-state index contributed by atoms with van der Waals surface area (Å²) in [6.07, 6.45) is 2.44. The third-order valence-corrected chi connectivity index (χ3v) is 4.97. The summed E-state index contributed by atoms with van der Waals surface area (Å²) in [5.74, 6) is 0.0451. The van der Waals surface area contributed by atoms with Crippen LogP contribution in [0.2, 0.25) is 0 Å². The van der Waals surface area contributed by atoms with Gasteiger partial charge in [-0.2, -0.15) is 4.80 Å². The fourth-order valence-corrected chi connectivity index (χ4v) is 3.25. The van der Waals surface area contributed by atoms with Crippen molar-refractivity contribution in [1.82, 2.24) is 15.0 Å². The van der Waals surface area contributed by atoms with Gasteiger partial charge in [-0.15, -0.1) is 10.2 Å². The van der Waals surface area contributed by atoms with Crippen molar-refractivity contribution in [3.8, 4) is 5.69 Å². The predicted molar refractivity (Wildman–Crippen MR) is 115 cm³/mol. The molecule has 0 radical (unpaired) electrons. The van der Waals surface area contributed by atoms with E-state index in [2.05, 4.69) is 53.3 Å². The lowest BCUT2D eigenvalue weighted by Gasteiger charge is -2.20. The predicted octanol–water partition coefficient (Wildman–Crippen LogP) is 4.70. The molecule has 1 amide bonds. The third-order valence-electron chi connectivity index (χ3n) is 4.97. The molecule has 28 heavy (non-hydrogen) atoms. The largest absolute Gasteiger partial charge is 0.372 e. The molecule has 148 valence electrons. The second-order valence-electron chi connectivity index (χ2n) is 6.99. The maximum absolute atomic E-state index is 12.1. The zero-order valence-corrected chi connectivity index (χ0v) is 17.2. The van der Waals surface area contributed by atoms with Gasteiger partial charge in [-0.25, -0.2) is 0 Å². The smallest absolute Gasteiger partial charge is 0.224 e. The Labute approximate surface area is 166 Å². The van der Waals surface area contributed by atoms with Crippen LogP contribution in [0.1, 0.15) is 45.6 Å². The van der Waals surface area contributed by atoms with Gasteiger partial charge in [-0.05, 0) is 69.2 Å². The minimum absolute atomic E-state index is 0.0451. The standard InChI is InChI=1S/C22H29N5O/c1-5-8-9-22(28)23-19-15-21-20(14-16(19)4)24-27(25-21)18-12-10-17(11-13-18)26(6-2)7-3/h10-15H,5-9H2,1-4H3,(H,23,28). The zero-order valence-electron chi connectivity index (χ0n) is 17.2. The fraction of sp³-hybridized carbons (Fsp3) is 0.409. The molecular formula is C22H29N5O. The third kappa shape index (κ3) is 4.32. The van der Waals surface area contributed by atoms with Crippen molar-refractivity contribution in [1.29, 1.82) is 0 Å². The molecule has 0 aliphatic heterocycles. The van der Waals surface area contributed by atoms with Crippen LogP contribution < -0.4 is 10.2 Å². The number of amides is 1. The Morgan fingerprint density at radius 3 is 2.29 bits per heavy atom. The summed E-state index contributed by atoms with van der Waals surface area (Å²) in [5, 5.41) is 12.2. The van der Waals surface area contributed by atoms with E-state index in [9.17, 15) is 4.79 Å². The highest BCUT2D eigenvalue weighted by atomic mass is 16.1. The molecule has 1 aromatic heterocycles. The van der Waals surface area contributed by atoms with Crippen molar-refractivity contribution < 1.29 is 4.79 Å². The number of hydrogen-bond donors (Lipinski definition) is 1. The monoisotopic (exact) mass is 379 g/mol. The highest BCUT2D eigenvalue weighted by molar-refractivity contribution is 5.94. The first-order valence-electron chi connectivity index (χ1n) is 10.1. The molecule has 3 rings (SSSR count). The molecule has 0 saturated heterocycles. The van der Waals surface area contributed by atoms with E-state index in [0.29, 0.717) is 6.42 Å². The molecule has 1 heterocycles. The van der Waals surface area contributed by atoms with Gasteiger partial charge in [0.15, 0.2) is 0 Å². The van der Waals surface area contributed by atoms with Crippen LogP contribution in [0.3, 0.4) is 0 Å². The second-order valence-corrected chi connectivity index (χ2v) is 6.99. The lowest BCUT2D eigenvalue weighted by Crippen LogP contribution is -2.21. The number of aromatic nitrogens is 3. The van der Waals surface area contributed by atoms with E-state index < -0.39 is 0 Å². The summed E-state index contributed by atoms with van der Waals surface area (Å²) < 4.78 is 0. The zero-order chi connectivity index (χ0) is 20.1. The first-order chi connectivity index (χ1) is 13.5. The molecular weight excluding hydrogens is 350 g/mol. The number of carbonyl (C=O) groups excluding carboxylic acids is 1. The van der Waals surface area contributed by atoms with Crippen LogP contribution in [0.4, 0.5) is 11.4 Å². The lowest BCUT2D eigenvalue weighted by atomic mass is 10.1. The summed E-state index contributed by atoms with van der Waals surface area (Å²) >= 11 is 0. The number of aryl methyl sites for hydroxylation is 1. The number of fused-ring (bicyclic) bond motifs is 1. The molecule has 0 spiro atoms. The van der Waals surface area contributed by atoms with Gasteiger partial charge in [0.05, 0.1) is 5.69 Å². The van der Waals surface area contributed by atoms with Gasteiger partial charge in [0, 0.05) is 30.9 Å². The van der Waals surface area contributed by atoms with Crippen molar-refractivity contribution in [3.63, 3.8) is 0 Å². The number of hydrogen-bond acceptors (Lipinski definition) is 4. The summed E-state index contributed by atoms with van der Waals surface area (Å²) in [6.45, 7) is 10.3. The lowest BCUT2D eigenvalue weighted by molar-refractivity contribution is -0.116. The molecule has 3 aromatic rings. The molecule has 0 atom stereocenters. The van der Waals surface area contributed by atoms with Gasteiger partial charge in [0.1, 0.15) is 11.0 Å². The summed E-state index contributed by atoms with van der Waals surface area (Å²) in [4.78, 5) is 16.0. The number of carbonyl (C=O) groups is 1. The van der Waals surface area contributed by atoms with Gasteiger partial charge >= 0.3 is 0 Å². The van der Waals surface area contributed by atoms with Crippen LogP contribution in [0.5, 0.6) is 0 Å². The second kappa shape index (κ2) is 8.87. The molecule has 2 aromatic carbocycles. The number of benzene rings is 2. The molecule has 6 nitrogen and oxygen atoms in total. The number of anilines is 2. The van der Waals surface area contributed by atoms with Crippen LogP contribution in [0.25, 0.3) is 16.7 Å². The highest BCUT2D eigenvalue weighted by Gasteiger charge is 2.11.